The number of rotatable bonds is 6. The Kier molecular flexibility index (Phi) is 7.90. The number of fused-ring (bicyclic) bond motifs is 1. The van der Waals surface area contributed by atoms with Crippen LogP contribution in [-0.2, 0) is 23.9 Å². The average molecular weight is 474 g/mol. The molecule has 1 saturated carbocycles. The lowest BCUT2D eigenvalue weighted by atomic mass is 9.84. The second kappa shape index (κ2) is 10.7. The summed E-state index contributed by atoms with van der Waals surface area (Å²) in [5.41, 5.74) is 0.275. The van der Waals surface area contributed by atoms with Gasteiger partial charge in [-0.15, -0.1) is 0 Å². The van der Waals surface area contributed by atoms with Gasteiger partial charge in [-0.25, -0.2) is 9.59 Å². The molecule has 2 N–H and O–H groups in total. The predicted molar refractivity (Wildman–Crippen MR) is 122 cm³/mol. The Hall–Kier alpha value is -3.43. The molecule has 2 aliphatic rings. The maximum Gasteiger partial charge on any atom is 0.337 e. The molecular weight excluding hydrogens is 442 g/mol. The quantitative estimate of drug-likeness (QED) is 0.603. The third-order valence-electron chi connectivity index (χ3n) is 6.24. The van der Waals surface area contributed by atoms with Crippen LogP contribution in [0.1, 0.15) is 66.7 Å². The second-order valence-electron chi connectivity index (χ2n) is 8.92. The lowest BCUT2D eigenvalue weighted by molar-refractivity contribution is -0.154. The van der Waals surface area contributed by atoms with Crippen LogP contribution in [0.2, 0.25) is 0 Å². The Morgan fingerprint density at radius 2 is 1.62 bits per heavy atom. The minimum atomic E-state index is -0.946. The van der Waals surface area contributed by atoms with Gasteiger partial charge in [-0.2, -0.15) is 0 Å². The summed E-state index contributed by atoms with van der Waals surface area (Å²) in [4.78, 5) is 64.6. The Labute approximate surface area is 198 Å². The highest BCUT2D eigenvalue weighted by Gasteiger charge is 2.46. The molecule has 2 fully saturated rings. The highest BCUT2D eigenvalue weighted by Crippen LogP contribution is 2.31. The summed E-state index contributed by atoms with van der Waals surface area (Å²) in [6, 6.07) is 2.83. The molecule has 1 aromatic rings. The lowest BCUT2D eigenvalue weighted by Crippen LogP contribution is -2.68. The Bertz CT molecular complexity index is 957. The number of amides is 3. The Balaban J connectivity index is 1.84. The predicted octanol–water partition coefficient (Wildman–Crippen LogP) is 1.88. The number of ether oxygens (including phenoxy) is 2. The number of nitrogens with zero attached hydrogens (tertiary/aromatic N) is 1. The van der Waals surface area contributed by atoms with Crippen LogP contribution in [0.5, 0.6) is 0 Å². The van der Waals surface area contributed by atoms with Gasteiger partial charge in [0.15, 0.2) is 0 Å². The number of methoxy groups -OCH3 is 2. The minimum Gasteiger partial charge on any atom is -0.465 e. The highest BCUT2D eigenvalue weighted by molar-refractivity contribution is 6.01. The topological polar surface area (TPSA) is 131 Å². The normalized spacial score (nSPS) is 21.9. The summed E-state index contributed by atoms with van der Waals surface area (Å²) in [6.07, 6.45) is 3.24. The maximum atomic E-state index is 13.1. The summed E-state index contributed by atoms with van der Waals surface area (Å²) in [5.74, 6) is -2.75. The lowest BCUT2D eigenvalue weighted by Gasteiger charge is -2.48. The van der Waals surface area contributed by atoms with Crippen molar-refractivity contribution in [1.29, 1.82) is 0 Å². The molecule has 1 aliphatic heterocycles. The van der Waals surface area contributed by atoms with Gasteiger partial charge in [-0.3, -0.25) is 14.4 Å². The van der Waals surface area contributed by atoms with Crippen LogP contribution in [0, 0.1) is 5.92 Å². The third kappa shape index (κ3) is 5.37. The van der Waals surface area contributed by atoms with Crippen LogP contribution in [0.25, 0.3) is 0 Å². The van der Waals surface area contributed by atoms with Crippen molar-refractivity contribution < 1.29 is 33.4 Å². The van der Waals surface area contributed by atoms with Crippen molar-refractivity contribution in [3.05, 3.63) is 29.3 Å². The number of carbonyl (C=O) groups excluding carboxylic acids is 5. The van der Waals surface area contributed by atoms with E-state index in [1.54, 1.807) is 18.7 Å². The standard InChI is InChI=1S/C24H31N3O7/c1-13(2)22(30)27-18-8-6-5-7-17(18)26-21(29)19(27)12-20(28)25-16-10-14(23(31)33-3)9-15(11-16)24(32)34-4/h9-11,13,17-19H,5-8,12H2,1-4H3,(H,25,28)(H,26,29). The first-order chi connectivity index (χ1) is 16.2. The maximum absolute atomic E-state index is 13.1. The first kappa shape index (κ1) is 25.2. The van der Waals surface area contributed by atoms with Gasteiger partial charge in [0.2, 0.25) is 17.7 Å². The smallest absolute Gasteiger partial charge is 0.337 e. The zero-order valence-electron chi connectivity index (χ0n) is 19.9. The number of hydrogen-bond donors (Lipinski definition) is 2. The van der Waals surface area contributed by atoms with Crippen molar-refractivity contribution in [2.24, 2.45) is 5.92 Å². The van der Waals surface area contributed by atoms with Crippen molar-refractivity contribution in [3.63, 3.8) is 0 Å². The largest absolute Gasteiger partial charge is 0.465 e. The molecule has 0 aromatic heterocycles. The van der Waals surface area contributed by atoms with Gasteiger partial charge in [0.1, 0.15) is 6.04 Å². The number of piperazine rings is 1. The summed E-state index contributed by atoms with van der Waals surface area (Å²) in [6.45, 7) is 3.55. The summed E-state index contributed by atoms with van der Waals surface area (Å²) in [5, 5.41) is 5.63. The van der Waals surface area contributed by atoms with Crippen LogP contribution >= 0.6 is 0 Å². The van der Waals surface area contributed by atoms with E-state index in [1.807, 2.05) is 0 Å². The van der Waals surface area contributed by atoms with Gasteiger partial charge in [0.25, 0.3) is 0 Å². The van der Waals surface area contributed by atoms with Gasteiger partial charge in [0.05, 0.1) is 37.8 Å². The van der Waals surface area contributed by atoms with E-state index in [9.17, 15) is 24.0 Å². The molecule has 1 saturated heterocycles. The summed E-state index contributed by atoms with van der Waals surface area (Å²) < 4.78 is 9.42. The Morgan fingerprint density at radius 3 is 2.18 bits per heavy atom. The number of hydrogen-bond acceptors (Lipinski definition) is 7. The molecule has 1 aromatic carbocycles. The van der Waals surface area contributed by atoms with Crippen molar-refractivity contribution in [2.45, 2.75) is 64.1 Å². The van der Waals surface area contributed by atoms with Gasteiger partial charge in [-0.1, -0.05) is 26.7 Å². The molecule has 34 heavy (non-hydrogen) atoms. The number of anilines is 1. The molecular formula is C24H31N3O7. The number of carbonyl (C=O) groups is 5. The molecule has 3 atom stereocenters. The summed E-state index contributed by atoms with van der Waals surface area (Å²) >= 11 is 0. The third-order valence-corrected chi connectivity index (χ3v) is 6.24. The van der Waals surface area contributed by atoms with Gasteiger partial charge in [-0.05, 0) is 31.0 Å². The fraction of sp³-hybridized carbons (Fsp3) is 0.542. The molecule has 3 unspecified atom stereocenters. The Morgan fingerprint density at radius 1 is 1.03 bits per heavy atom. The number of esters is 2. The van der Waals surface area contributed by atoms with E-state index < -0.39 is 23.9 Å². The van der Waals surface area contributed by atoms with E-state index in [1.165, 1.54) is 32.4 Å². The van der Waals surface area contributed by atoms with E-state index in [0.717, 1.165) is 25.7 Å². The molecule has 184 valence electrons. The van der Waals surface area contributed by atoms with E-state index >= 15 is 0 Å². The molecule has 0 spiro atoms. The van der Waals surface area contributed by atoms with Crippen molar-refractivity contribution in [2.75, 3.05) is 19.5 Å². The van der Waals surface area contributed by atoms with Crippen LogP contribution in [0.3, 0.4) is 0 Å². The average Bonchev–Trinajstić information content (AvgIpc) is 2.82. The molecule has 0 radical (unpaired) electrons. The molecule has 1 aliphatic carbocycles. The van der Waals surface area contributed by atoms with E-state index in [2.05, 4.69) is 10.6 Å². The van der Waals surface area contributed by atoms with Crippen LogP contribution < -0.4 is 10.6 Å². The second-order valence-corrected chi connectivity index (χ2v) is 8.92. The van der Waals surface area contributed by atoms with Gasteiger partial charge in [0, 0.05) is 17.6 Å². The monoisotopic (exact) mass is 473 g/mol. The van der Waals surface area contributed by atoms with Crippen LogP contribution in [0.4, 0.5) is 5.69 Å². The van der Waals surface area contributed by atoms with E-state index in [4.69, 9.17) is 9.47 Å². The van der Waals surface area contributed by atoms with Crippen molar-refractivity contribution in [1.82, 2.24) is 10.2 Å². The highest BCUT2D eigenvalue weighted by atomic mass is 16.5. The zero-order chi connectivity index (χ0) is 25.0. The molecule has 10 nitrogen and oxygen atoms in total. The van der Waals surface area contributed by atoms with Crippen molar-refractivity contribution >= 4 is 35.3 Å². The van der Waals surface area contributed by atoms with Gasteiger partial charge < -0.3 is 25.0 Å². The SMILES string of the molecule is COC(=O)c1cc(NC(=O)CC2C(=O)NC3CCCCC3N2C(=O)C(C)C)cc(C(=O)OC)c1. The number of nitrogens with one attached hydrogen (secondary N) is 2. The minimum absolute atomic E-state index is 0.0535. The van der Waals surface area contributed by atoms with Gasteiger partial charge >= 0.3 is 11.9 Å². The molecule has 0 bridgehead atoms. The van der Waals surface area contributed by atoms with E-state index in [-0.39, 0.29) is 53.1 Å². The van der Waals surface area contributed by atoms with E-state index in [0.29, 0.717) is 0 Å². The first-order valence-electron chi connectivity index (χ1n) is 11.4. The van der Waals surface area contributed by atoms with Crippen LogP contribution in [0.15, 0.2) is 18.2 Å². The number of benzene rings is 1. The van der Waals surface area contributed by atoms with Crippen molar-refractivity contribution in [3.8, 4) is 0 Å². The molecule has 3 amide bonds. The molecule has 3 rings (SSSR count). The summed E-state index contributed by atoms with van der Waals surface area (Å²) in [7, 11) is 2.40. The first-order valence-corrected chi connectivity index (χ1v) is 11.4. The molecule has 1 heterocycles. The van der Waals surface area contributed by atoms with Crippen LogP contribution in [-0.4, -0.2) is 66.9 Å². The fourth-order valence-electron chi connectivity index (χ4n) is 4.61. The molecule has 10 heteroatoms. The fourth-order valence-corrected chi connectivity index (χ4v) is 4.61. The zero-order valence-corrected chi connectivity index (χ0v) is 19.9.